The highest BCUT2D eigenvalue weighted by molar-refractivity contribution is 5.66. The van der Waals surface area contributed by atoms with Gasteiger partial charge in [0.15, 0.2) is 0 Å². The molecule has 0 saturated heterocycles. The van der Waals surface area contributed by atoms with Crippen molar-refractivity contribution in [3.8, 4) is 0 Å². The molecule has 0 heterocycles. The van der Waals surface area contributed by atoms with E-state index in [2.05, 4.69) is 44.2 Å². The number of aryl methyl sites for hydroxylation is 1. The van der Waals surface area contributed by atoms with Crippen molar-refractivity contribution in [1.82, 2.24) is 0 Å². The summed E-state index contributed by atoms with van der Waals surface area (Å²) in [6.45, 7) is 6.53. The molecule has 8 atom stereocenters. The lowest BCUT2D eigenvalue weighted by molar-refractivity contribution is -0.170. The van der Waals surface area contributed by atoms with Crippen molar-refractivity contribution in [2.75, 3.05) is 0 Å². The van der Waals surface area contributed by atoms with Crippen LogP contribution in [0, 0.1) is 34.5 Å². The van der Waals surface area contributed by atoms with E-state index in [9.17, 15) is 9.90 Å². The summed E-state index contributed by atoms with van der Waals surface area (Å²) >= 11 is 0. The van der Waals surface area contributed by atoms with Crippen LogP contribution in [0.2, 0.25) is 0 Å². The van der Waals surface area contributed by atoms with Gasteiger partial charge in [-0.15, -0.1) is 0 Å². The van der Waals surface area contributed by atoms with Crippen molar-refractivity contribution in [3.63, 3.8) is 0 Å². The SMILES string of the molecule is CC(=O)O[C@@H]1CC[C@@]2(C)[C@H](CC[C@@H]3[C@@H]2CC[C@@]2(C)[C@H]3CC[C@@]2(O)CCc2ccccc2)C1. The minimum atomic E-state index is -0.525. The largest absolute Gasteiger partial charge is 0.463 e. The molecule has 1 aromatic rings. The molecule has 1 aromatic carbocycles. The van der Waals surface area contributed by atoms with Gasteiger partial charge in [-0.2, -0.15) is 0 Å². The van der Waals surface area contributed by atoms with E-state index < -0.39 is 5.60 Å². The molecule has 0 spiro atoms. The van der Waals surface area contributed by atoms with Crippen molar-refractivity contribution in [1.29, 1.82) is 0 Å². The Morgan fingerprint density at radius 3 is 2.50 bits per heavy atom. The first kappa shape index (κ1) is 22.4. The molecule has 4 fully saturated rings. The summed E-state index contributed by atoms with van der Waals surface area (Å²) < 4.78 is 5.63. The zero-order chi connectivity index (χ0) is 22.6. The summed E-state index contributed by atoms with van der Waals surface area (Å²) in [5, 5.41) is 12.0. The van der Waals surface area contributed by atoms with Crippen LogP contribution in [0.15, 0.2) is 30.3 Å². The third-order valence-electron chi connectivity index (χ3n) is 10.9. The number of carbonyl (C=O) groups is 1. The van der Waals surface area contributed by atoms with E-state index in [4.69, 9.17) is 4.74 Å². The van der Waals surface area contributed by atoms with Crippen LogP contribution in [0.3, 0.4) is 0 Å². The molecule has 4 aliphatic carbocycles. The van der Waals surface area contributed by atoms with Gasteiger partial charge in [0.2, 0.25) is 0 Å². The molecule has 4 aliphatic rings. The number of benzene rings is 1. The van der Waals surface area contributed by atoms with E-state index in [-0.39, 0.29) is 17.5 Å². The summed E-state index contributed by atoms with van der Waals surface area (Å²) in [6, 6.07) is 10.7. The third kappa shape index (κ3) is 3.54. The molecular weight excluding hydrogens is 396 g/mol. The van der Waals surface area contributed by atoms with Gasteiger partial charge in [-0.1, -0.05) is 44.2 Å². The highest BCUT2D eigenvalue weighted by Crippen LogP contribution is 2.68. The number of hydrogen-bond acceptors (Lipinski definition) is 3. The molecule has 4 saturated carbocycles. The topological polar surface area (TPSA) is 46.5 Å². The zero-order valence-corrected chi connectivity index (χ0v) is 20.3. The second-order valence-electron chi connectivity index (χ2n) is 12.2. The van der Waals surface area contributed by atoms with E-state index in [0.717, 1.165) is 43.9 Å². The predicted molar refractivity (Wildman–Crippen MR) is 127 cm³/mol. The maximum atomic E-state index is 12.0. The molecule has 5 rings (SSSR count). The van der Waals surface area contributed by atoms with Crippen LogP contribution in [0.1, 0.15) is 90.5 Å². The number of aliphatic hydroxyl groups is 1. The molecule has 176 valence electrons. The van der Waals surface area contributed by atoms with Crippen molar-refractivity contribution < 1.29 is 14.6 Å². The molecule has 32 heavy (non-hydrogen) atoms. The summed E-state index contributed by atoms with van der Waals surface area (Å²) in [6.07, 6.45) is 12.4. The first-order valence-corrected chi connectivity index (χ1v) is 13.2. The predicted octanol–water partition coefficient (Wildman–Crippen LogP) is 6.32. The van der Waals surface area contributed by atoms with Crippen molar-refractivity contribution >= 4 is 5.97 Å². The molecule has 0 amide bonds. The number of esters is 1. The van der Waals surface area contributed by atoms with Crippen molar-refractivity contribution in [2.24, 2.45) is 34.5 Å². The fourth-order valence-electron chi connectivity index (χ4n) is 9.08. The Labute approximate surface area is 194 Å². The maximum absolute atomic E-state index is 12.0. The molecule has 0 unspecified atom stereocenters. The number of hydrogen-bond donors (Lipinski definition) is 1. The Morgan fingerprint density at radius 1 is 1.00 bits per heavy atom. The summed E-state index contributed by atoms with van der Waals surface area (Å²) in [7, 11) is 0. The average molecular weight is 439 g/mol. The van der Waals surface area contributed by atoms with Gasteiger partial charge >= 0.3 is 5.97 Å². The normalized spacial score (nSPS) is 45.4. The Morgan fingerprint density at radius 2 is 1.75 bits per heavy atom. The van der Waals surface area contributed by atoms with Crippen LogP contribution in [0.4, 0.5) is 0 Å². The van der Waals surface area contributed by atoms with Crippen LogP contribution in [0.5, 0.6) is 0 Å². The van der Waals surface area contributed by atoms with Gasteiger partial charge in [-0.25, -0.2) is 0 Å². The molecular formula is C29H42O3. The smallest absolute Gasteiger partial charge is 0.302 e. The molecule has 3 nitrogen and oxygen atoms in total. The lowest BCUT2D eigenvalue weighted by atomic mass is 9.44. The lowest BCUT2D eigenvalue weighted by Crippen LogP contribution is -2.57. The summed E-state index contributed by atoms with van der Waals surface area (Å²) in [4.78, 5) is 11.5. The lowest BCUT2D eigenvalue weighted by Gasteiger charge is -2.61. The van der Waals surface area contributed by atoms with Crippen molar-refractivity contribution in [2.45, 2.75) is 103 Å². The molecule has 3 heteroatoms. The third-order valence-corrected chi connectivity index (χ3v) is 10.9. The second-order valence-corrected chi connectivity index (χ2v) is 12.2. The fourth-order valence-corrected chi connectivity index (χ4v) is 9.08. The molecule has 0 aromatic heterocycles. The Bertz CT molecular complexity index is 836. The Kier molecular flexibility index (Phi) is 5.72. The van der Waals surface area contributed by atoms with Crippen LogP contribution in [-0.2, 0) is 16.0 Å². The van der Waals surface area contributed by atoms with Crippen LogP contribution in [0.25, 0.3) is 0 Å². The Hall–Kier alpha value is -1.35. The monoisotopic (exact) mass is 438 g/mol. The van der Waals surface area contributed by atoms with Gasteiger partial charge in [0.25, 0.3) is 0 Å². The van der Waals surface area contributed by atoms with E-state index >= 15 is 0 Å². The zero-order valence-electron chi connectivity index (χ0n) is 20.3. The number of rotatable bonds is 4. The van der Waals surface area contributed by atoms with Crippen LogP contribution in [-0.4, -0.2) is 22.8 Å². The minimum Gasteiger partial charge on any atom is -0.463 e. The standard InChI is InChI=1S/C29H42O3/c1-20(30)32-23-12-15-27(2)22(19-23)9-10-24-25(27)13-16-28(3)26(24)14-18-29(28,31)17-11-21-7-5-4-6-8-21/h4-8,22-26,31H,9-19H2,1-3H3/t22-,23-,24-,25+,26+,27+,28+,29+/m1/s1. The van der Waals surface area contributed by atoms with Gasteiger partial charge in [-0.3, -0.25) is 4.79 Å². The number of carbonyl (C=O) groups excluding carboxylic acids is 1. The van der Waals surface area contributed by atoms with Crippen molar-refractivity contribution in [3.05, 3.63) is 35.9 Å². The highest BCUT2D eigenvalue weighted by Gasteiger charge is 2.64. The number of ether oxygens (including phenoxy) is 1. The van der Waals surface area contributed by atoms with E-state index in [1.165, 1.54) is 44.1 Å². The van der Waals surface area contributed by atoms with E-state index in [1.54, 1.807) is 6.92 Å². The quantitative estimate of drug-likeness (QED) is 0.559. The second kappa shape index (κ2) is 8.15. The number of fused-ring (bicyclic) bond motifs is 5. The van der Waals surface area contributed by atoms with E-state index in [0.29, 0.717) is 17.3 Å². The minimum absolute atomic E-state index is 0.0566. The molecule has 0 aliphatic heterocycles. The van der Waals surface area contributed by atoms with E-state index in [1.807, 2.05) is 0 Å². The van der Waals surface area contributed by atoms with Gasteiger partial charge in [0, 0.05) is 6.92 Å². The molecule has 0 bridgehead atoms. The maximum Gasteiger partial charge on any atom is 0.302 e. The van der Waals surface area contributed by atoms with Crippen LogP contribution >= 0.6 is 0 Å². The summed E-state index contributed by atoms with van der Waals surface area (Å²) in [5.41, 5.74) is 1.26. The molecule has 1 N–H and O–H groups in total. The van der Waals surface area contributed by atoms with Crippen LogP contribution < -0.4 is 0 Å². The summed E-state index contributed by atoms with van der Waals surface area (Å²) in [5.74, 6) is 2.75. The Balaban J connectivity index is 1.31. The molecule has 0 radical (unpaired) electrons. The van der Waals surface area contributed by atoms with Gasteiger partial charge in [0.05, 0.1) is 5.60 Å². The first-order valence-electron chi connectivity index (χ1n) is 13.2. The highest BCUT2D eigenvalue weighted by atomic mass is 16.5. The van der Waals surface area contributed by atoms with Gasteiger partial charge < -0.3 is 9.84 Å². The van der Waals surface area contributed by atoms with Gasteiger partial charge in [-0.05, 0) is 111 Å². The van der Waals surface area contributed by atoms with Gasteiger partial charge in [0.1, 0.15) is 6.10 Å². The fraction of sp³-hybridized carbons (Fsp3) is 0.759. The average Bonchev–Trinajstić information content (AvgIpc) is 3.04. The first-order chi connectivity index (χ1) is 15.3.